The zero-order valence-electron chi connectivity index (χ0n) is 26.7. The Bertz CT molecular complexity index is 1780. The molecule has 2 amide bonds. The number of benzene rings is 2. The van der Waals surface area contributed by atoms with E-state index >= 15 is 0 Å². The first-order chi connectivity index (χ1) is 22.6. The molecule has 1 saturated heterocycles. The van der Waals surface area contributed by atoms with Crippen LogP contribution in [0.15, 0.2) is 71.3 Å². The Morgan fingerprint density at radius 1 is 1.04 bits per heavy atom. The molecule has 4 aromatic rings. The summed E-state index contributed by atoms with van der Waals surface area (Å²) in [4.78, 5) is 34.3. The minimum absolute atomic E-state index is 0.00315. The number of nitrogens with zero attached hydrogens (tertiary/aromatic N) is 4. The smallest absolute Gasteiger partial charge is 0.410 e. The van der Waals surface area contributed by atoms with Gasteiger partial charge in [0.1, 0.15) is 28.8 Å². The first-order valence-corrected chi connectivity index (χ1v) is 15.1. The van der Waals surface area contributed by atoms with Crippen LogP contribution in [0.25, 0.3) is 22.4 Å². The molecule has 1 N–H and O–H groups in total. The van der Waals surface area contributed by atoms with Crippen molar-refractivity contribution in [1.29, 1.82) is 5.26 Å². The molecule has 1 fully saturated rings. The second-order valence-corrected chi connectivity index (χ2v) is 11.9. The van der Waals surface area contributed by atoms with Crippen LogP contribution in [0.5, 0.6) is 5.75 Å². The van der Waals surface area contributed by atoms with Gasteiger partial charge in [-0.2, -0.15) is 5.26 Å². The highest BCUT2D eigenvalue weighted by Gasteiger charge is 2.25. The third-order valence-electron chi connectivity index (χ3n) is 7.33. The Morgan fingerprint density at radius 3 is 2.60 bits per heavy atom. The second kappa shape index (κ2) is 14.3. The van der Waals surface area contributed by atoms with Crippen LogP contribution in [0.4, 0.5) is 20.7 Å². The summed E-state index contributed by atoms with van der Waals surface area (Å²) >= 11 is 0. The van der Waals surface area contributed by atoms with Crippen LogP contribution in [0.3, 0.4) is 0 Å². The Balaban J connectivity index is 1.54. The fraction of sp³-hybridized carbons (Fsp3) is 0.314. The van der Waals surface area contributed by atoms with E-state index in [0.717, 1.165) is 12.1 Å². The van der Waals surface area contributed by atoms with E-state index in [4.69, 9.17) is 18.6 Å². The van der Waals surface area contributed by atoms with Crippen molar-refractivity contribution < 1.29 is 32.6 Å². The van der Waals surface area contributed by atoms with Crippen LogP contribution in [0.1, 0.15) is 43.3 Å². The average Bonchev–Trinajstić information content (AvgIpc) is 3.47. The number of hydrogen-bond acceptors (Lipinski definition) is 9. The fourth-order valence-corrected chi connectivity index (χ4v) is 5.20. The van der Waals surface area contributed by atoms with E-state index < -0.39 is 17.3 Å². The zero-order chi connectivity index (χ0) is 33.6. The number of ether oxygens (including phenoxy) is 3. The van der Waals surface area contributed by atoms with Gasteiger partial charge in [0.05, 0.1) is 12.0 Å². The highest BCUT2D eigenvalue weighted by molar-refractivity contribution is 6.03. The Labute approximate surface area is 272 Å². The first kappa shape index (κ1) is 33.0. The maximum atomic E-state index is 14.3. The number of pyridine rings is 1. The molecule has 47 heavy (non-hydrogen) atoms. The van der Waals surface area contributed by atoms with Gasteiger partial charge in [0.15, 0.2) is 18.4 Å². The molecule has 12 heteroatoms. The number of amides is 2. The second-order valence-electron chi connectivity index (χ2n) is 11.9. The van der Waals surface area contributed by atoms with E-state index in [1.165, 1.54) is 37.6 Å². The molecule has 5 rings (SSSR count). The lowest BCUT2D eigenvalue weighted by atomic mass is 9.97. The van der Waals surface area contributed by atoms with Crippen LogP contribution in [-0.2, 0) is 9.47 Å². The van der Waals surface area contributed by atoms with E-state index in [0.29, 0.717) is 48.6 Å². The van der Waals surface area contributed by atoms with Gasteiger partial charge in [0.2, 0.25) is 0 Å². The molecule has 2 aromatic carbocycles. The van der Waals surface area contributed by atoms with Gasteiger partial charge in [-0.25, -0.2) is 14.2 Å². The average molecular weight is 642 g/mol. The molecule has 0 aliphatic carbocycles. The van der Waals surface area contributed by atoms with E-state index in [9.17, 15) is 19.2 Å². The van der Waals surface area contributed by atoms with Crippen molar-refractivity contribution in [2.75, 3.05) is 50.3 Å². The molecule has 2 aromatic heterocycles. The summed E-state index contributed by atoms with van der Waals surface area (Å²) in [5, 5.41) is 13.1. The number of anilines is 2. The number of furan rings is 1. The standard InChI is InChI=1S/C35H36FN5O6/c1-35(2,3)47-34(43)41-14-7-13-40(15-16-41)25-9-5-8-23(18-25)27-20-29(26-12-11-24(36)19-31(26)46-22-44-4)38-32(28(27)21-37)39-33(42)30-10-6-17-45-30/h5-6,8-12,17-20H,7,13-16,22H2,1-4H3,(H,38,39,42). The summed E-state index contributed by atoms with van der Waals surface area (Å²) in [5.74, 6) is -0.903. The van der Waals surface area contributed by atoms with Crippen molar-refractivity contribution in [3.63, 3.8) is 0 Å². The van der Waals surface area contributed by atoms with Gasteiger partial charge in [-0.15, -0.1) is 0 Å². The summed E-state index contributed by atoms with van der Waals surface area (Å²) in [5.41, 5.74) is 2.36. The normalized spacial score (nSPS) is 13.4. The number of rotatable bonds is 8. The van der Waals surface area contributed by atoms with Crippen molar-refractivity contribution in [3.05, 3.63) is 84.1 Å². The van der Waals surface area contributed by atoms with E-state index in [1.807, 2.05) is 45.0 Å². The lowest BCUT2D eigenvalue weighted by Crippen LogP contribution is -2.39. The minimum Gasteiger partial charge on any atom is -0.467 e. The summed E-state index contributed by atoms with van der Waals surface area (Å²) in [6, 6.07) is 18.7. The van der Waals surface area contributed by atoms with Crippen LogP contribution in [0, 0.1) is 17.1 Å². The van der Waals surface area contributed by atoms with Crippen molar-refractivity contribution in [3.8, 4) is 34.2 Å². The molecular weight excluding hydrogens is 605 g/mol. The summed E-state index contributed by atoms with van der Waals surface area (Å²) in [7, 11) is 1.45. The molecule has 1 aliphatic rings. The lowest BCUT2D eigenvalue weighted by molar-refractivity contribution is 0.0263. The fourth-order valence-electron chi connectivity index (χ4n) is 5.20. The Hall–Kier alpha value is -5.41. The lowest BCUT2D eigenvalue weighted by Gasteiger charge is -2.27. The van der Waals surface area contributed by atoms with Crippen molar-refractivity contribution in [2.24, 2.45) is 0 Å². The summed E-state index contributed by atoms with van der Waals surface area (Å²) in [6.45, 7) is 7.74. The zero-order valence-corrected chi connectivity index (χ0v) is 26.7. The summed E-state index contributed by atoms with van der Waals surface area (Å²) < 4.78 is 35.8. The summed E-state index contributed by atoms with van der Waals surface area (Å²) in [6.07, 6.45) is 1.77. The number of nitriles is 1. The maximum absolute atomic E-state index is 14.3. The van der Waals surface area contributed by atoms with Gasteiger partial charge in [0.25, 0.3) is 5.91 Å². The van der Waals surface area contributed by atoms with Crippen molar-refractivity contribution >= 4 is 23.5 Å². The van der Waals surface area contributed by atoms with Gasteiger partial charge < -0.3 is 33.7 Å². The van der Waals surface area contributed by atoms with Gasteiger partial charge >= 0.3 is 6.09 Å². The molecule has 0 saturated carbocycles. The topological polar surface area (TPSA) is 130 Å². The Morgan fingerprint density at radius 2 is 1.87 bits per heavy atom. The number of nitrogens with one attached hydrogen (secondary N) is 1. The van der Waals surface area contributed by atoms with Crippen molar-refractivity contribution in [2.45, 2.75) is 32.8 Å². The molecular formula is C35H36FN5O6. The predicted molar refractivity (Wildman–Crippen MR) is 174 cm³/mol. The highest BCUT2D eigenvalue weighted by atomic mass is 19.1. The minimum atomic E-state index is -0.593. The van der Waals surface area contributed by atoms with E-state index in [-0.39, 0.29) is 35.8 Å². The Kier molecular flexibility index (Phi) is 10.1. The van der Waals surface area contributed by atoms with E-state index in [1.54, 1.807) is 17.0 Å². The molecule has 244 valence electrons. The molecule has 1 aliphatic heterocycles. The van der Waals surface area contributed by atoms with Gasteiger partial charge in [-0.3, -0.25) is 4.79 Å². The number of carbonyl (C=O) groups is 2. The maximum Gasteiger partial charge on any atom is 0.410 e. The third-order valence-corrected chi connectivity index (χ3v) is 7.33. The van der Waals surface area contributed by atoms with Crippen LogP contribution < -0.4 is 15.0 Å². The predicted octanol–water partition coefficient (Wildman–Crippen LogP) is 6.70. The van der Waals surface area contributed by atoms with Crippen molar-refractivity contribution in [1.82, 2.24) is 9.88 Å². The molecule has 0 spiro atoms. The van der Waals surface area contributed by atoms with Crippen LogP contribution >= 0.6 is 0 Å². The molecule has 0 unspecified atom stereocenters. The molecule has 0 bridgehead atoms. The number of methoxy groups -OCH3 is 1. The first-order valence-electron chi connectivity index (χ1n) is 15.1. The third kappa shape index (κ3) is 8.06. The monoisotopic (exact) mass is 641 g/mol. The number of halogens is 1. The SMILES string of the molecule is COCOc1cc(F)ccc1-c1cc(-c2cccc(N3CCCN(C(=O)OC(C)(C)C)CC3)c2)c(C#N)c(NC(=O)c2ccco2)n1. The molecule has 0 atom stereocenters. The van der Waals surface area contributed by atoms with Gasteiger partial charge in [0, 0.05) is 56.2 Å². The van der Waals surface area contributed by atoms with Gasteiger partial charge in [-0.05, 0) is 75.2 Å². The molecule has 0 radical (unpaired) electrons. The van der Waals surface area contributed by atoms with Crippen LogP contribution in [-0.4, -0.2) is 67.6 Å². The molecule has 3 heterocycles. The largest absolute Gasteiger partial charge is 0.467 e. The number of hydrogen-bond donors (Lipinski definition) is 1. The quantitative estimate of drug-likeness (QED) is 0.209. The van der Waals surface area contributed by atoms with Crippen LogP contribution in [0.2, 0.25) is 0 Å². The van der Waals surface area contributed by atoms with Gasteiger partial charge in [-0.1, -0.05) is 12.1 Å². The number of carbonyl (C=O) groups excluding carboxylic acids is 2. The molecule has 11 nitrogen and oxygen atoms in total. The number of aromatic nitrogens is 1. The highest BCUT2D eigenvalue weighted by Crippen LogP contribution is 2.37. The van der Waals surface area contributed by atoms with E-state index in [2.05, 4.69) is 21.3 Å².